The molecule has 20 heavy (non-hydrogen) atoms. The lowest BCUT2D eigenvalue weighted by molar-refractivity contribution is -0.120. The molecule has 2 unspecified atom stereocenters. The Morgan fingerprint density at radius 3 is 2.95 bits per heavy atom. The van der Waals surface area contributed by atoms with E-state index in [-0.39, 0.29) is 24.2 Å². The van der Waals surface area contributed by atoms with Gasteiger partial charge in [-0.05, 0) is 37.1 Å². The smallest absolute Gasteiger partial charge is 0.228 e. The van der Waals surface area contributed by atoms with Crippen molar-refractivity contribution >= 4 is 34.8 Å². The van der Waals surface area contributed by atoms with Gasteiger partial charge in [-0.15, -0.1) is 12.4 Å². The molecule has 0 saturated carbocycles. The Hall–Kier alpha value is -0.910. The quantitative estimate of drug-likeness (QED) is 0.892. The number of anilines is 1. The summed E-state index contributed by atoms with van der Waals surface area (Å²) in [5.74, 6) is 0.647. The largest absolute Gasteiger partial charge is 0.326 e. The number of amides is 1. The van der Waals surface area contributed by atoms with Crippen LogP contribution in [0, 0.1) is 5.92 Å². The number of benzene rings is 1. The standard InChI is InChI=1S/C14H20N2O2S.ClH/c1-19(18)10-11-4-2-6-13(8-11)16-14(17)12-5-3-7-15-9-12;/h2,4,6,8,12,15H,3,5,7,9-10H2,1H3,(H,16,17);1H. The van der Waals surface area contributed by atoms with Crippen LogP contribution in [-0.4, -0.2) is 29.5 Å². The van der Waals surface area contributed by atoms with Crippen molar-refractivity contribution < 1.29 is 9.00 Å². The van der Waals surface area contributed by atoms with Crippen LogP contribution in [0.1, 0.15) is 18.4 Å². The average Bonchev–Trinajstić information content (AvgIpc) is 2.39. The molecule has 1 aliphatic rings. The van der Waals surface area contributed by atoms with Crippen molar-refractivity contribution in [2.24, 2.45) is 5.92 Å². The van der Waals surface area contributed by atoms with E-state index in [1.54, 1.807) is 6.26 Å². The van der Waals surface area contributed by atoms with Crippen LogP contribution in [0.25, 0.3) is 0 Å². The van der Waals surface area contributed by atoms with Gasteiger partial charge in [-0.2, -0.15) is 0 Å². The summed E-state index contributed by atoms with van der Waals surface area (Å²) < 4.78 is 11.2. The minimum absolute atomic E-state index is 0. The van der Waals surface area contributed by atoms with E-state index >= 15 is 0 Å². The van der Waals surface area contributed by atoms with E-state index < -0.39 is 10.8 Å². The third kappa shape index (κ3) is 5.23. The molecule has 1 amide bonds. The second-order valence-corrected chi connectivity index (χ2v) is 6.39. The molecule has 1 aromatic rings. The highest BCUT2D eigenvalue weighted by molar-refractivity contribution is 7.83. The third-order valence-electron chi connectivity index (χ3n) is 3.23. The van der Waals surface area contributed by atoms with Crippen LogP contribution < -0.4 is 10.6 Å². The Kier molecular flexibility index (Phi) is 7.19. The summed E-state index contributed by atoms with van der Waals surface area (Å²) in [5.41, 5.74) is 1.78. The van der Waals surface area contributed by atoms with Crippen molar-refractivity contribution in [2.75, 3.05) is 24.7 Å². The lowest BCUT2D eigenvalue weighted by atomic mass is 9.99. The Bertz CT molecular complexity index is 476. The molecule has 0 aliphatic carbocycles. The molecule has 0 spiro atoms. The minimum Gasteiger partial charge on any atom is -0.326 e. The fourth-order valence-electron chi connectivity index (χ4n) is 2.29. The maximum absolute atomic E-state index is 12.1. The second kappa shape index (κ2) is 8.39. The molecule has 2 N–H and O–H groups in total. The first kappa shape index (κ1) is 17.1. The van der Waals surface area contributed by atoms with Gasteiger partial charge in [0.25, 0.3) is 0 Å². The molecule has 0 bridgehead atoms. The third-order valence-corrected chi connectivity index (χ3v) is 3.97. The van der Waals surface area contributed by atoms with Gasteiger partial charge >= 0.3 is 0 Å². The number of carbonyl (C=O) groups excluding carboxylic acids is 1. The first-order chi connectivity index (χ1) is 9.15. The summed E-state index contributed by atoms with van der Waals surface area (Å²) in [6.45, 7) is 1.76. The maximum Gasteiger partial charge on any atom is 0.228 e. The van der Waals surface area contributed by atoms with Crippen LogP contribution in [0.15, 0.2) is 24.3 Å². The highest BCUT2D eigenvalue weighted by atomic mass is 35.5. The Balaban J connectivity index is 0.00000200. The van der Waals surface area contributed by atoms with Crippen LogP contribution in [-0.2, 0) is 21.3 Å². The molecule has 0 aromatic heterocycles. The second-order valence-electron chi connectivity index (χ2n) is 4.95. The number of halogens is 1. The van der Waals surface area contributed by atoms with Gasteiger partial charge in [-0.25, -0.2) is 0 Å². The van der Waals surface area contributed by atoms with Crippen molar-refractivity contribution in [2.45, 2.75) is 18.6 Å². The van der Waals surface area contributed by atoms with Gasteiger partial charge in [0.2, 0.25) is 5.91 Å². The Morgan fingerprint density at radius 1 is 1.50 bits per heavy atom. The molecule has 1 heterocycles. The highest BCUT2D eigenvalue weighted by Gasteiger charge is 2.20. The summed E-state index contributed by atoms with van der Waals surface area (Å²) in [6, 6.07) is 7.59. The molecule has 1 aliphatic heterocycles. The summed E-state index contributed by atoms with van der Waals surface area (Å²) in [4.78, 5) is 12.1. The number of hydrogen-bond acceptors (Lipinski definition) is 3. The number of piperidine rings is 1. The van der Waals surface area contributed by atoms with E-state index in [0.717, 1.165) is 37.2 Å². The van der Waals surface area contributed by atoms with Gasteiger partial charge in [-0.1, -0.05) is 12.1 Å². The lowest BCUT2D eigenvalue weighted by Gasteiger charge is -2.22. The summed E-state index contributed by atoms with van der Waals surface area (Å²) in [5, 5.41) is 6.19. The van der Waals surface area contributed by atoms with Gasteiger partial charge in [0.05, 0.1) is 5.92 Å². The van der Waals surface area contributed by atoms with E-state index in [9.17, 15) is 9.00 Å². The fraction of sp³-hybridized carbons (Fsp3) is 0.500. The van der Waals surface area contributed by atoms with Crippen molar-refractivity contribution in [3.8, 4) is 0 Å². The van der Waals surface area contributed by atoms with Gasteiger partial charge in [-0.3, -0.25) is 9.00 Å². The van der Waals surface area contributed by atoms with Gasteiger partial charge in [0, 0.05) is 35.0 Å². The average molecular weight is 317 g/mol. The van der Waals surface area contributed by atoms with Crippen LogP contribution in [0.3, 0.4) is 0 Å². The van der Waals surface area contributed by atoms with Crippen molar-refractivity contribution in [1.29, 1.82) is 0 Å². The number of carbonyl (C=O) groups is 1. The summed E-state index contributed by atoms with van der Waals surface area (Å²) in [6.07, 6.45) is 3.67. The number of nitrogens with one attached hydrogen (secondary N) is 2. The maximum atomic E-state index is 12.1. The first-order valence-electron chi connectivity index (χ1n) is 6.55. The molecular weight excluding hydrogens is 296 g/mol. The van der Waals surface area contributed by atoms with Gasteiger partial charge in [0.15, 0.2) is 0 Å². The van der Waals surface area contributed by atoms with Crippen molar-refractivity contribution in [3.05, 3.63) is 29.8 Å². The normalized spacial score (nSPS) is 19.8. The number of rotatable bonds is 4. The predicted molar refractivity (Wildman–Crippen MR) is 85.7 cm³/mol. The van der Waals surface area contributed by atoms with Crippen molar-refractivity contribution in [3.63, 3.8) is 0 Å². The molecule has 1 aromatic carbocycles. The van der Waals surface area contributed by atoms with Crippen LogP contribution in [0.2, 0.25) is 0 Å². The zero-order valence-corrected chi connectivity index (χ0v) is 13.2. The predicted octanol–water partition coefficient (Wildman–Crippen LogP) is 1.93. The zero-order chi connectivity index (χ0) is 13.7. The highest BCUT2D eigenvalue weighted by Crippen LogP contribution is 2.16. The van der Waals surface area contributed by atoms with Crippen molar-refractivity contribution in [1.82, 2.24) is 5.32 Å². The monoisotopic (exact) mass is 316 g/mol. The fourth-order valence-corrected chi connectivity index (χ4v) is 2.94. The Morgan fingerprint density at radius 2 is 2.30 bits per heavy atom. The summed E-state index contributed by atoms with van der Waals surface area (Å²) >= 11 is 0. The van der Waals surface area contributed by atoms with Gasteiger partial charge < -0.3 is 10.6 Å². The van der Waals surface area contributed by atoms with E-state index in [1.165, 1.54) is 0 Å². The van der Waals surface area contributed by atoms with Crippen LogP contribution >= 0.6 is 12.4 Å². The lowest BCUT2D eigenvalue weighted by Crippen LogP contribution is -2.37. The molecule has 1 fully saturated rings. The SMILES string of the molecule is CS(=O)Cc1cccc(NC(=O)C2CCCNC2)c1.Cl. The van der Waals surface area contributed by atoms with E-state index in [0.29, 0.717) is 5.75 Å². The van der Waals surface area contributed by atoms with E-state index in [4.69, 9.17) is 0 Å². The van der Waals surface area contributed by atoms with Crippen LogP contribution in [0.4, 0.5) is 5.69 Å². The van der Waals surface area contributed by atoms with E-state index in [1.807, 2.05) is 24.3 Å². The molecule has 4 nitrogen and oxygen atoms in total. The molecule has 1 saturated heterocycles. The van der Waals surface area contributed by atoms with Crippen LogP contribution in [0.5, 0.6) is 0 Å². The number of hydrogen-bond donors (Lipinski definition) is 2. The topological polar surface area (TPSA) is 58.2 Å². The van der Waals surface area contributed by atoms with E-state index in [2.05, 4.69) is 10.6 Å². The molecule has 2 atom stereocenters. The first-order valence-corrected chi connectivity index (χ1v) is 8.28. The molecule has 6 heteroatoms. The molecule has 0 radical (unpaired) electrons. The molecule has 2 rings (SSSR count). The minimum atomic E-state index is -0.864. The van der Waals surface area contributed by atoms with Gasteiger partial charge in [0.1, 0.15) is 0 Å². The molecular formula is C14H21ClN2O2S. The summed E-state index contributed by atoms with van der Waals surface area (Å²) in [7, 11) is -0.864. The zero-order valence-electron chi connectivity index (χ0n) is 11.6. The molecule has 112 valence electrons. The Labute approximate surface area is 128 Å².